The Morgan fingerprint density at radius 1 is 1.16 bits per heavy atom. The molecule has 2 amide bonds. The standard InChI is InChI=1S/C27H33N5O4S/c1-6-30(7-2)22(33)13-19-14-31(16(3)4)27(36)23-25(35)24(34)20(15-32(19)23)26-29-28-21(37-26)12-18-10-8-17(5)9-11-18/h8-11,15-16,19,35H,6-7,12-14H2,1-5H3/t19-/m0/s1. The van der Waals surface area contributed by atoms with Gasteiger partial charge in [-0.05, 0) is 40.2 Å². The summed E-state index contributed by atoms with van der Waals surface area (Å²) >= 11 is 1.27. The van der Waals surface area contributed by atoms with Gasteiger partial charge in [-0.2, -0.15) is 0 Å². The van der Waals surface area contributed by atoms with Crippen LogP contribution in [0.25, 0.3) is 10.6 Å². The minimum absolute atomic E-state index is 0.0463. The third-order valence-electron chi connectivity index (χ3n) is 6.80. The number of aromatic nitrogens is 3. The molecule has 196 valence electrons. The van der Waals surface area contributed by atoms with Gasteiger partial charge in [-0.25, -0.2) is 0 Å². The lowest BCUT2D eigenvalue weighted by Gasteiger charge is -2.39. The number of benzene rings is 1. The van der Waals surface area contributed by atoms with Crippen LogP contribution in [0, 0.1) is 6.92 Å². The Hall–Kier alpha value is -3.53. The largest absolute Gasteiger partial charge is 0.503 e. The zero-order valence-corrected chi connectivity index (χ0v) is 22.7. The number of amides is 2. The van der Waals surface area contributed by atoms with Crippen LogP contribution in [-0.2, 0) is 11.2 Å². The fourth-order valence-corrected chi connectivity index (χ4v) is 5.52. The number of pyridine rings is 1. The summed E-state index contributed by atoms with van der Waals surface area (Å²) in [6.07, 6.45) is 2.27. The van der Waals surface area contributed by atoms with E-state index in [0.29, 0.717) is 31.1 Å². The van der Waals surface area contributed by atoms with Gasteiger partial charge in [0.25, 0.3) is 5.91 Å². The molecule has 1 aliphatic heterocycles. The Kier molecular flexibility index (Phi) is 7.77. The number of nitrogens with zero attached hydrogens (tertiary/aromatic N) is 5. The van der Waals surface area contributed by atoms with E-state index in [1.165, 1.54) is 16.9 Å². The normalized spacial score (nSPS) is 15.2. The van der Waals surface area contributed by atoms with Crippen molar-refractivity contribution in [3.05, 3.63) is 62.5 Å². The summed E-state index contributed by atoms with van der Waals surface area (Å²) in [5, 5.41) is 20.5. The molecule has 37 heavy (non-hydrogen) atoms. The highest BCUT2D eigenvalue weighted by Crippen LogP contribution is 2.33. The van der Waals surface area contributed by atoms with Crippen LogP contribution in [0.1, 0.15) is 66.8 Å². The SMILES string of the molecule is CCN(CC)C(=O)C[C@H]1CN(C(C)C)C(=O)c2c(O)c(=O)c(-c3nnc(Cc4ccc(C)cc4)s3)cn21. The summed E-state index contributed by atoms with van der Waals surface area (Å²) in [6, 6.07) is 7.52. The summed E-state index contributed by atoms with van der Waals surface area (Å²) in [4.78, 5) is 42.8. The number of carbonyl (C=O) groups is 2. The van der Waals surface area contributed by atoms with Crippen molar-refractivity contribution in [3.8, 4) is 16.3 Å². The summed E-state index contributed by atoms with van der Waals surface area (Å²) < 4.78 is 1.59. The van der Waals surface area contributed by atoms with Crippen LogP contribution in [0.15, 0.2) is 35.3 Å². The lowest BCUT2D eigenvalue weighted by molar-refractivity contribution is -0.131. The summed E-state index contributed by atoms with van der Waals surface area (Å²) in [6.45, 7) is 11.1. The fourth-order valence-electron chi connectivity index (χ4n) is 4.64. The Morgan fingerprint density at radius 3 is 2.46 bits per heavy atom. The van der Waals surface area contributed by atoms with Gasteiger partial charge in [0.1, 0.15) is 5.01 Å². The number of aryl methyl sites for hydroxylation is 1. The van der Waals surface area contributed by atoms with Gasteiger partial charge >= 0.3 is 0 Å². The predicted molar refractivity (Wildman–Crippen MR) is 143 cm³/mol. The molecule has 0 unspecified atom stereocenters. The van der Waals surface area contributed by atoms with E-state index in [2.05, 4.69) is 10.2 Å². The van der Waals surface area contributed by atoms with Gasteiger partial charge in [-0.1, -0.05) is 41.2 Å². The van der Waals surface area contributed by atoms with Crippen molar-refractivity contribution in [2.24, 2.45) is 0 Å². The van der Waals surface area contributed by atoms with E-state index in [-0.39, 0.29) is 29.6 Å². The van der Waals surface area contributed by atoms with E-state index in [4.69, 9.17) is 0 Å². The number of rotatable bonds is 8. The third kappa shape index (κ3) is 5.29. The van der Waals surface area contributed by atoms with Crippen LogP contribution >= 0.6 is 11.3 Å². The van der Waals surface area contributed by atoms with Crippen molar-refractivity contribution in [2.75, 3.05) is 19.6 Å². The molecular formula is C27H33N5O4S. The topological polar surface area (TPSA) is 109 Å². The molecule has 0 radical (unpaired) electrons. The van der Waals surface area contributed by atoms with E-state index < -0.39 is 23.1 Å². The molecule has 9 nitrogen and oxygen atoms in total. The number of hydrogen-bond acceptors (Lipinski definition) is 7. The molecule has 3 heterocycles. The van der Waals surface area contributed by atoms with Crippen molar-refractivity contribution in [2.45, 2.75) is 59.5 Å². The first-order chi connectivity index (χ1) is 17.6. The predicted octanol–water partition coefficient (Wildman–Crippen LogP) is 3.64. The Morgan fingerprint density at radius 2 is 1.84 bits per heavy atom. The van der Waals surface area contributed by atoms with Crippen molar-refractivity contribution < 1.29 is 14.7 Å². The van der Waals surface area contributed by atoms with E-state index in [0.717, 1.165) is 10.6 Å². The highest BCUT2D eigenvalue weighted by Gasteiger charge is 2.37. The van der Waals surface area contributed by atoms with Gasteiger partial charge in [-0.3, -0.25) is 14.4 Å². The first-order valence-corrected chi connectivity index (χ1v) is 13.4. The van der Waals surface area contributed by atoms with Crippen LogP contribution in [0.4, 0.5) is 0 Å². The second-order valence-corrected chi connectivity index (χ2v) is 10.7. The highest BCUT2D eigenvalue weighted by atomic mass is 32.1. The molecule has 10 heteroatoms. The van der Waals surface area contributed by atoms with Gasteiger partial charge in [0.2, 0.25) is 11.3 Å². The average Bonchev–Trinajstić information content (AvgIpc) is 3.32. The monoisotopic (exact) mass is 523 g/mol. The maximum atomic E-state index is 13.3. The minimum Gasteiger partial charge on any atom is -0.503 e. The van der Waals surface area contributed by atoms with Crippen molar-refractivity contribution >= 4 is 23.2 Å². The molecule has 1 atom stereocenters. The van der Waals surface area contributed by atoms with E-state index in [9.17, 15) is 19.5 Å². The molecule has 2 aromatic heterocycles. The van der Waals surface area contributed by atoms with Gasteiger partial charge < -0.3 is 19.5 Å². The third-order valence-corrected chi connectivity index (χ3v) is 7.75. The van der Waals surface area contributed by atoms with Crippen LogP contribution in [0.5, 0.6) is 5.75 Å². The summed E-state index contributed by atoms with van der Waals surface area (Å²) in [5.41, 5.74) is 1.65. The first-order valence-electron chi connectivity index (χ1n) is 12.6. The number of fused-ring (bicyclic) bond motifs is 1. The van der Waals surface area contributed by atoms with Crippen molar-refractivity contribution in [1.82, 2.24) is 24.6 Å². The van der Waals surface area contributed by atoms with E-state index in [1.54, 1.807) is 20.6 Å². The zero-order chi connectivity index (χ0) is 26.9. The molecule has 1 aromatic carbocycles. The van der Waals surface area contributed by atoms with E-state index >= 15 is 0 Å². The Balaban J connectivity index is 1.75. The first kappa shape index (κ1) is 26.5. The average molecular weight is 524 g/mol. The molecule has 0 bridgehead atoms. The lowest BCUT2D eigenvalue weighted by Crippen LogP contribution is -2.48. The summed E-state index contributed by atoms with van der Waals surface area (Å²) in [7, 11) is 0. The van der Waals surface area contributed by atoms with Crippen molar-refractivity contribution in [1.29, 1.82) is 0 Å². The van der Waals surface area contributed by atoms with Gasteiger partial charge in [0.05, 0.1) is 11.6 Å². The molecule has 0 spiro atoms. The quantitative estimate of drug-likeness (QED) is 0.483. The fraction of sp³-hybridized carbons (Fsp3) is 0.444. The van der Waals surface area contributed by atoms with Gasteiger partial charge in [0.15, 0.2) is 16.5 Å². The smallest absolute Gasteiger partial charge is 0.274 e. The maximum absolute atomic E-state index is 13.3. The van der Waals surface area contributed by atoms with Crippen molar-refractivity contribution in [3.63, 3.8) is 0 Å². The molecule has 1 N–H and O–H groups in total. The summed E-state index contributed by atoms with van der Waals surface area (Å²) in [5.74, 6) is -1.10. The minimum atomic E-state index is -0.669. The number of hydrogen-bond donors (Lipinski definition) is 1. The molecule has 0 saturated carbocycles. The van der Waals surface area contributed by atoms with Crippen LogP contribution in [-0.4, -0.2) is 67.2 Å². The van der Waals surface area contributed by atoms with E-state index in [1.807, 2.05) is 58.9 Å². The van der Waals surface area contributed by atoms with Crippen LogP contribution in [0.2, 0.25) is 0 Å². The molecule has 4 rings (SSSR count). The second-order valence-electron chi connectivity index (χ2n) is 9.61. The van der Waals surface area contributed by atoms with Gasteiger partial charge in [-0.15, -0.1) is 10.2 Å². The second kappa shape index (κ2) is 10.8. The molecule has 1 aliphatic rings. The highest BCUT2D eigenvalue weighted by molar-refractivity contribution is 7.14. The lowest BCUT2D eigenvalue weighted by atomic mass is 10.0. The zero-order valence-electron chi connectivity index (χ0n) is 21.9. The number of carbonyl (C=O) groups excluding carboxylic acids is 2. The molecule has 0 aliphatic carbocycles. The maximum Gasteiger partial charge on any atom is 0.274 e. The molecular weight excluding hydrogens is 490 g/mol. The number of aromatic hydroxyl groups is 1. The van der Waals surface area contributed by atoms with Crippen LogP contribution in [0.3, 0.4) is 0 Å². The Labute approximate surface area is 220 Å². The Bertz CT molecular complexity index is 1360. The molecule has 0 saturated heterocycles. The molecule has 0 fully saturated rings. The van der Waals surface area contributed by atoms with Gasteiger partial charge in [0, 0.05) is 44.7 Å². The molecule has 3 aromatic rings. The van der Waals surface area contributed by atoms with Crippen LogP contribution < -0.4 is 5.43 Å².